The van der Waals surface area contributed by atoms with E-state index in [1.165, 1.54) is 0 Å². The van der Waals surface area contributed by atoms with E-state index in [1.54, 1.807) is 14.2 Å². The van der Waals surface area contributed by atoms with E-state index in [4.69, 9.17) is 9.47 Å². The average Bonchev–Trinajstić information content (AvgIpc) is 2.55. The number of aliphatic hydroxyl groups excluding tert-OH is 1. The van der Waals surface area contributed by atoms with E-state index in [0.717, 1.165) is 17.5 Å². The minimum Gasteiger partial charge on any atom is -0.493 e. The van der Waals surface area contributed by atoms with Crippen LogP contribution >= 0.6 is 0 Å². The topological polar surface area (TPSA) is 38.7 Å². The highest BCUT2D eigenvalue weighted by molar-refractivity contribution is 5.44. The lowest BCUT2D eigenvalue weighted by molar-refractivity contribution is 0.142. The first-order valence-corrected chi connectivity index (χ1v) is 7.16. The van der Waals surface area contributed by atoms with Gasteiger partial charge in [0.25, 0.3) is 0 Å². The first kappa shape index (κ1) is 15.4. The van der Waals surface area contributed by atoms with Gasteiger partial charge in [-0.2, -0.15) is 0 Å². The molecule has 2 rings (SSSR count). The monoisotopic (exact) mass is 286 g/mol. The van der Waals surface area contributed by atoms with Crippen LogP contribution in [0.5, 0.6) is 11.5 Å². The lowest BCUT2D eigenvalue weighted by Gasteiger charge is -2.23. The van der Waals surface area contributed by atoms with Crippen molar-refractivity contribution in [2.75, 3.05) is 14.2 Å². The minimum absolute atomic E-state index is 0.0595. The van der Waals surface area contributed by atoms with E-state index in [2.05, 4.69) is 19.1 Å². The molecule has 0 bridgehead atoms. The van der Waals surface area contributed by atoms with Crippen LogP contribution in [0.4, 0.5) is 0 Å². The molecule has 21 heavy (non-hydrogen) atoms. The number of rotatable bonds is 6. The summed E-state index contributed by atoms with van der Waals surface area (Å²) in [6.07, 6.45) is 0.289. The highest BCUT2D eigenvalue weighted by Gasteiger charge is 2.22. The molecule has 0 saturated heterocycles. The lowest BCUT2D eigenvalue weighted by atomic mass is 9.87. The van der Waals surface area contributed by atoms with Gasteiger partial charge in [-0.1, -0.05) is 43.3 Å². The first-order valence-electron chi connectivity index (χ1n) is 7.16. The molecule has 0 heterocycles. The second-order valence-electron chi connectivity index (χ2n) is 4.98. The number of benzene rings is 2. The summed E-state index contributed by atoms with van der Waals surface area (Å²) in [5.41, 5.74) is 1.98. The van der Waals surface area contributed by atoms with E-state index in [9.17, 15) is 5.11 Å². The number of ether oxygens (including phenoxy) is 2. The molecule has 0 saturated carbocycles. The molecule has 2 aromatic rings. The Morgan fingerprint density at radius 2 is 1.57 bits per heavy atom. The van der Waals surface area contributed by atoms with Gasteiger partial charge >= 0.3 is 0 Å². The summed E-state index contributed by atoms with van der Waals surface area (Å²) < 4.78 is 10.5. The Bertz CT molecular complexity index is 566. The SMILES string of the molecule is CCC(c1ccccc1)C(O)c1ccc(OC)c(OC)c1. The van der Waals surface area contributed by atoms with Gasteiger partial charge in [0.15, 0.2) is 11.5 Å². The number of methoxy groups -OCH3 is 2. The molecule has 3 heteroatoms. The second kappa shape index (κ2) is 7.14. The van der Waals surface area contributed by atoms with Crippen molar-refractivity contribution >= 4 is 0 Å². The minimum atomic E-state index is -0.572. The standard InChI is InChI=1S/C18H22O3/c1-4-15(13-8-6-5-7-9-13)18(19)14-10-11-16(20-2)17(12-14)21-3/h5-12,15,18-19H,4H2,1-3H3. The fourth-order valence-corrected chi connectivity index (χ4v) is 2.61. The fraction of sp³-hybridized carbons (Fsp3) is 0.333. The Hall–Kier alpha value is -2.00. The average molecular weight is 286 g/mol. The smallest absolute Gasteiger partial charge is 0.161 e. The summed E-state index contributed by atoms with van der Waals surface area (Å²) in [6.45, 7) is 2.08. The molecule has 0 amide bonds. The van der Waals surface area contributed by atoms with Crippen molar-refractivity contribution in [3.63, 3.8) is 0 Å². The van der Waals surface area contributed by atoms with E-state index < -0.39 is 6.10 Å². The van der Waals surface area contributed by atoms with Crippen LogP contribution in [0.15, 0.2) is 48.5 Å². The Balaban J connectivity index is 2.31. The van der Waals surface area contributed by atoms with Gasteiger partial charge in [0.1, 0.15) is 0 Å². The molecule has 0 fully saturated rings. The zero-order valence-electron chi connectivity index (χ0n) is 12.7. The van der Waals surface area contributed by atoms with E-state index in [-0.39, 0.29) is 5.92 Å². The van der Waals surface area contributed by atoms with Gasteiger partial charge in [-0.05, 0) is 29.7 Å². The highest BCUT2D eigenvalue weighted by Crippen LogP contribution is 2.37. The van der Waals surface area contributed by atoms with Gasteiger partial charge < -0.3 is 14.6 Å². The van der Waals surface area contributed by atoms with Crippen LogP contribution in [0.1, 0.15) is 36.5 Å². The van der Waals surface area contributed by atoms with Gasteiger partial charge in [-0.3, -0.25) is 0 Å². The Kier molecular flexibility index (Phi) is 5.23. The normalized spacial score (nSPS) is 13.5. The summed E-state index contributed by atoms with van der Waals surface area (Å²) in [5, 5.41) is 10.7. The predicted molar refractivity (Wildman–Crippen MR) is 84.0 cm³/mol. The summed E-state index contributed by atoms with van der Waals surface area (Å²) >= 11 is 0. The van der Waals surface area contributed by atoms with Crippen molar-refractivity contribution in [3.05, 3.63) is 59.7 Å². The van der Waals surface area contributed by atoms with Crippen LogP contribution in [-0.2, 0) is 0 Å². The maximum Gasteiger partial charge on any atom is 0.161 e. The zero-order chi connectivity index (χ0) is 15.2. The zero-order valence-corrected chi connectivity index (χ0v) is 12.7. The van der Waals surface area contributed by atoms with E-state index in [1.807, 2.05) is 36.4 Å². The quantitative estimate of drug-likeness (QED) is 0.874. The molecule has 112 valence electrons. The maximum atomic E-state index is 10.7. The molecule has 2 aromatic carbocycles. The van der Waals surface area contributed by atoms with Crippen molar-refractivity contribution in [1.29, 1.82) is 0 Å². The molecule has 0 aromatic heterocycles. The maximum absolute atomic E-state index is 10.7. The van der Waals surface area contributed by atoms with Crippen LogP contribution in [0, 0.1) is 0 Å². The van der Waals surface area contributed by atoms with Gasteiger partial charge in [0.05, 0.1) is 20.3 Å². The molecule has 2 atom stereocenters. The van der Waals surface area contributed by atoms with Crippen molar-refractivity contribution in [1.82, 2.24) is 0 Å². The van der Waals surface area contributed by atoms with Crippen molar-refractivity contribution in [3.8, 4) is 11.5 Å². The predicted octanol–water partition coefficient (Wildman–Crippen LogP) is 3.93. The van der Waals surface area contributed by atoms with Crippen LogP contribution < -0.4 is 9.47 Å². The number of aliphatic hydroxyl groups is 1. The summed E-state index contributed by atoms with van der Waals surface area (Å²) in [6, 6.07) is 15.6. The van der Waals surface area contributed by atoms with Gasteiger partial charge in [-0.15, -0.1) is 0 Å². The molecule has 3 nitrogen and oxygen atoms in total. The van der Waals surface area contributed by atoms with Gasteiger partial charge in [0.2, 0.25) is 0 Å². The molecule has 0 radical (unpaired) electrons. The molecule has 1 N–H and O–H groups in total. The van der Waals surface area contributed by atoms with E-state index >= 15 is 0 Å². The lowest BCUT2D eigenvalue weighted by Crippen LogP contribution is -2.10. The molecule has 0 spiro atoms. The Morgan fingerprint density at radius 1 is 0.905 bits per heavy atom. The summed E-state index contributed by atoms with van der Waals surface area (Å²) in [4.78, 5) is 0. The number of hydrogen-bond acceptors (Lipinski definition) is 3. The van der Waals surface area contributed by atoms with E-state index in [0.29, 0.717) is 11.5 Å². The first-order chi connectivity index (χ1) is 10.2. The molecule has 2 unspecified atom stereocenters. The fourth-order valence-electron chi connectivity index (χ4n) is 2.61. The van der Waals surface area contributed by atoms with Crippen LogP contribution in [-0.4, -0.2) is 19.3 Å². The van der Waals surface area contributed by atoms with Crippen molar-refractivity contribution in [2.45, 2.75) is 25.4 Å². The van der Waals surface area contributed by atoms with Crippen LogP contribution in [0.25, 0.3) is 0 Å². The third-order valence-electron chi connectivity index (χ3n) is 3.80. The molecule has 0 aliphatic rings. The summed E-state index contributed by atoms with van der Waals surface area (Å²) in [5.74, 6) is 1.36. The Labute approximate surface area is 126 Å². The third-order valence-corrected chi connectivity index (χ3v) is 3.80. The second-order valence-corrected chi connectivity index (χ2v) is 4.98. The van der Waals surface area contributed by atoms with Crippen LogP contribution in [0.2, 0.25) is 0 Å². The molecule has 0 aliphatic heterocycles. The van der Waals surface area contributed by atoms with Crippen molar-refractivity contribution in [2.24, 2.45) is 0 Å². The molecule has 0 aliphatic carbocycles. The highest BCUT2D eigenvalue weighted by atomic mass is 16.5. The largest absolute Gasteiger partial charge is 0.493 e. The summed E-state index contributed by atoms with van der Waals surface area (Å²) in [7, 11) is 3.20. The molecular weight excluding hydrogens is 264 g/mol. The Morgan fingerprint density at radius 3 is 2.14 bits per heavy atom. The van der Waals surface area contributed by atoms with Gasteiger partial charge in [-0.25, -0.2) is 0 Å². The molecular formula is C18H22O3. The number of hydrogen-bond donors (Lipinski definition) is 1. The third kappa shape index (κ3) is 3.37. The van der Waals surface area contributed by atoms with Gasteiger partial charge in [0, 0.05) is 5.92 Å². The van der Waals surface area contributed by atoms with Crippen molar-refractivity contribution < 1.29 is 14.6 Å². The van der Waals surface area contributed by atoms with Crippen LogP contribution in [0.3, 0.4) is 0 Å².